The van der Waals surface area contributed by atoms with Crippen LogP contribution in [0.1, 0.15) is 32.6 Å². The lowest BCUT2D eigenvalue weighted by atomic mass is 9.87. The Morgan fingerprint density at radius 2 is 2.20 bits per heavy atom. The fourth-order valence-corrected chi connectivity index (χ4v) is 2.65. The van der Waals surface area contributed by atoms with Gasteiger partial charge in [0.1, 0.15) is 11.2 Å². The van der Waals surface area contributed by atoms with E-state index in [1.807, 2.05) is 6.92 Å². The minimum atomic E-state index is -0.900. The number of carbonyl (C=O) groups is 1. The van der Waals surface area contributed by atoms with Crippen molar-refractivity contribution in [2.75, 3.05) is 11.9 Å². The molecular formula is C15H17ClN2O2. The zero-order chi connectivity index (χ0) is 14.6. The van der Waals surface area contributed by atoms with E-state index >= 15 is 0 Å². The number of hydrogen-bond acceptors (Lipinski definition) is 3. The molecule has 0 unspecified atom stereocenters. The number of hydrogen-bond donors (Lipinski definition) is 1. The van der Waals surface area contributed by atoms with Crippen LogP contribution < -0.4 is 10.1 Å². The Labute approximate surface area is 123 Å². The van der Waals surface area contributed by atoms with E-state index in [9.17, 15) is 10.1 Å². The van der Waals surface area contributed by atoms with Crippen LogP contribution in [-0.4, -0.2) is 12.5 Å². The Kier molecular flexibility index (Phi) is 4.51. The number of nitrogens with one attached hydrogen (secondary N) is 1. The molecule has 2 rings (SSSR count). The fraction of sp³-hybridized carbons (Fsp3) is 0.467. The van der Waals surface area contributed by atoms with Crippen molar-refractivity contribution < 1.29 is 9.53 Å². The smallest absolute Gasteiger partial charge is 0.244 e. The van der Waals surface area contributed by atoms with E-state index in [2.05, 4.69) is 11.4 Å². The van der Waals surface area contributed by atoms with Crippen LogP contribution in [-0.2, 0) is 4.79 Å². The molecule has 1 aromatic carbocycles. The van der Waals surface area contributed by atoms with Crippen LogP contribution in [0, 0.1) is 16.7 Å². The van der Waals surface area contributed by atoms with Crippen molar-refractivity contribution in [3.63, 3.8) is 0 Å². The highest BCUT2D eigenvalue weighted by molar-refractivity contribution is 6.30. The Morgan fingerprint density at radius 3 is 2.80 bits per heavy atom. The van der Waals surface area contributed by atoms with Crippen molar-refractivity contribution in [2.24, 2.45) is 5.41 Å². The third-order valence-corrected chi connectivity index (χ3v) is 3.83. The zero-order valence-electron chi connectivity index (χ0n) is 11.4. The molecule has 0 spiro atoms. The van der Waals surface area contributed by atoms with Gasteiger partial charge in [-0.05, 0) is 31.9 Å². The van der Waals surface area contributed by atoms with Gasteiger partial charge in [0.05, 0.1) is 18.4 Å². The molecule has 106 valence electrons. The van der Waals surface area contributed by atoms with Gasteiger partial charge in [0.15, 0.2) is 0 Å². The van der Waals surface area contributed by atoms with E-state index < -0.39 is 5.41 Å². The van der Waals surface area contributed by atoms with Gasteiger partial charge in [0, 0.05) is 11.1 Å². The van der Waals surface area contributed by atoms with Gasteiger partial charge in [0.25, 0.3) is 0 Å². The van der Waals surface area contributed by atoms with Crippen molar-refractivity contribution in [3.8, 4) is 11.8 Å². The Bertz CT molecular complexity index is 545. The summed E-state index contributed by atoms with van der Waals surface area (Å²) in [7, 11) is 0. The molecule has 1 aliphatic carbocycles. The van der Waals surface area contributed by atoms with E-state index in [1.165, 1.54) is 0 Å². The van der Waals surface area contributed by atoms with Gasteiger partial charge in [-0.15, -0.1) is 0 Å². The van der Waals surface area contributed by atoms with E-state index in [1.54, 1.807) is 18.2 Å². The van der Waals surface area contributed by atoms with Crippen LogP contribution in [0.5, 0.6) is 5.75 Å². The van der Waals surface area contributed by atoms with Gasteiger partial charge in [-0.1, -0.05) is 24.4 Å². The number of amides is 1. The molecule has 0 atom stereocenters. The number of rotatable bonds is 4. The fourth-order valence-electron chi connectivity index (χ4n) is 2.48. The molecule has 0 aromatic heterocycles. The first kappa shape index (κ1) is 14.7. The van der Waals surface area contributed by atoms with E-state index in [0.29, 0.717) is 35.9 Å². The third-order valence-electron chi connectivity index (χ3n) is 3.60. The number of carbonyl (C=O) groups excluding carboxylic acids is 1. The molecule has 5 heteroatoms. The summed E-state index contributed by atoms with van der Waals surface area (Å²) in [5.74, 6) is 0.278. The van der Waals surface area contributed by atoms with Crippen LogP contribution in [0.15, 0.2) is 18.2 Å². The molecule has 0 bridgehead atoms. The average molecular weight is 293 g/mol. The summed E-state index contributed by atoms with van der Waals surface area (Å²) >= 11 is 5.93. The van der Waals surface area contributed by atoms with Crippen molar-refractivity contribution in [3.05, 3.63) is 23.2 Å². The molecule has 0 heterocycles. The summed E-state index contributed by atoms with van der Waals surface area (Å²) in [4.78, 5) is 12.4. The quantitative estimate of drug-likeness (QED) is 0.919. The van der Waals surface area contributed by atoms with E-state index in [-0.39, 0.29) is 5.91 Å². The number of benzene rings is 1. The highest BCUT2D eigenvalue weighted by Crippen LogP contribution is 2.39. The number of halogens is 1. The summed E-state index contributed by atoms with van der Waals surface area (Å²) in [6, 6.07) is 7.23. The lowest BCUT2D eigenvalue weighted by Crippen LogP contribution is -2.32. The molecule has 0 aliphatic heterocycles. The molecule has 1 amide bonds. The van der Waals surface area contributed by atoms with Gasteiger partial charge in [-0.25, -0.2) is 0 Å². The van der Waals surface area contributed by atoms with Gasteiger partial charge in [0.2, 0.25) is 5.91 Å². The summed E-state index contributed by atoms with van der Waals surface area (Å²) in [6.45, 7) is 2.34. The molecule has 1 aliphatic rings. The molecule has 20 heavy (non-hydrogen) atoms. The normalized spacial score (nSPS) is 16.4. The first-order valence-electron chi connectivity index (χ1n) is 6.76. The summed E-state index contributed by atoms with van der Waals surface area (Å²) < 4.78 is 5.47. The standard InChI is InChI=1S/C15H17ClN2O2/c1-2-20-13-9-11(16)5-6-12(13)18-14(19)15(10-17)7-3-4-8-15/h5-6,9H,2-4,7-8H2,1H3,(H,18,19). The van der Waals surface area contributed by atoms with Crippen LogP contribution >= 0.6 is 11.6 Å². The third kappa shape index (κ3) is 2.88. The Balaban J connectivity index is 2.21. The second-order valence-corrected chi connectivity index (χ2v) is 5.37. The monoisotopic (exact) mass is 292 g/mol. The minimum Gasteiger partial charge on any atom is -0.492 e. The first-order valence-corrected chi connectivity index (χ1v) is 7.14. The number of ether oxygens (including phenoxy) is 1. The molecule has 1 saturated carbocycles. The maximum Gasteiger partial charge on any atom is 0.244 e. The van der Waals surface area contributed by atoms with Crippen LogP contribution in [0.4, 0.5) is 5.69 Å². The van der Waals surface area contributed by atoms with Crippen molar-refractivity contribution >= 4 is 23.2 Å². The summed E-state index contributed by atoms with van der Waals surface area (Å²) in [6.07, 6.45) is 3.07. The lowest BCUT2D eigenvalue weighted by Gasteiger charge is -2.20. The van der Waals surface area contributed by atoms with Crippen molar-refractivity contribution in [1.82, 2.24) is 0 Å². The Morgan fingerprint density at radius 1 is 1.50 bits per heavy atom. The summed E-state index contributed by atoms with van der Waals surface area (Å²) in [5.41, 5.74) is -0.342. The average Bonchev–Trinajstić information content (AvgIpc) is 2.92. The Hall–Kier alpha value is -1.73. The van der Waals surface area contributed by atoms with Gasteiger partial charge in [-0.3, -0.25) is 4.79 Å². The SMILES string of the molecule is CCOc1cc(Cl)ccc1NC(=O)C1(C#N)CCCC1. The summed E-state index contributed by atoms with van der Waals surface area (Å²) in [5, 5.41) is 12.7. The minimum absolute atomic E-state index is 0.249. The zero-order valence-corrected chi connectivity index (χ0v) is 12.2. The predicted molar refractivity (Wildman–Crippen MR) is 77.8 cm³/mol. The van der Waals surface area contributed by atoms with Gasteiger partial charge in [-0.2, -0.15) is 5.26 Å². The van der Waals surface area contributed by atoms with Crippen LogP contribution in [0.3, 0.4) is 0 Å². The number of anilines is 1. The van der Waals surface area contributed by atoms with Crippen LogP contribution in [0.25, 0.3) is 0 Å². The molecule has 1 N–H and O–H groups in total. The first-order chi connectivity index (χ1) is 9.61. The number of nitriles is 1. The second kappa shape index (κ2) is 6.15. The highest BCUT2D eigenvalue weighted by atomic mass is 35.5. The van der Waals surface area contributed by atoms with E-state index in [0.717, 1.165) is 12.8 Å². The maximum absolute atomic E-state index is 12.4. The highest BCUT2D eigenvalue weighted by Gasteiger charge is 2.41. The van der Waals surface area contributed by atoms with Crippen molar-refractivity contribution in [1.29, 1.82) is 5.26 Å². The largest absolute Gasteiger partial charge is 0.492 e. The number of nitrogens with zero attached hydrogens (tertiary/aromatic N) is 1. The van der Waals surface area contributed by atoms with E-state index in [4.69, 9.17) is 16.3 Å². The lowest BCUT2D eigenvalue weighted by molar-refractivity contribution is -0.122. The molecule has 0 saturated heterocycles. The molecule has 4 nitrogen and oxygen atoms in total. The molecule has 1 fully saturated rings. The predicted octanol–water partition coefficient (Wildman–Crippen LogP) is 3.76. The van der Waals surface area contributed by atoms with Gasteiger partial charge >= 0.3 is 0 Å². The topological polar surface area (TPSA) is 62.1 Å². The molecule has 1 aromatic rings. The molecule has 0 radical (unpaired) electrons. The second-order valence-electron chi connectivity index (χ2n) is 4.93. The maximum atomic E-state index is 12.4. The van der Waals surface area contributed by atoms with Gasteiger partial charge < -0.3 is 10.1 Å². The van der Waals surface area contributed by atoms with Crippen LogP contribution in [0.2, 0.25) is 5.02 Å². The molecular weight excluding hydrogens is 276 g/mol. The van der Waals surface area contributed by atoms with Crippen molar-refractivity contribution in [2.45, 2.75) is 32.6 Å².